The third-order valence-electron chi connectivity index (χ3n) is 3.48. The van der Waals surface area contributed by atoms with Crippen LogP contribution in [-0.4, -0.2) is 80.2 Å². The van der Waals surface area contributed by atoms with Crippen molar-refractivity contribution in [1.82, 2.24) is 19.8 Å². The van der Waals surface area contributed by atoms with E-state index in [0.29, 0.717) is 5.95 Å². The number of anilines is 2. The van der Waals surface area contributed by atoms with Crippen LogP contribution in [0.25, 0.3) is 0 Å². The Labute approximate surface area is 129 Å². The van der Waals surface area contributed by atoms with Crippen molar-refractivity contribution in [2.75, 3.05) is 70.6 Å². The molecule has 1 aliphatic rings. The van der Waals surface area contributed by atoms with Crippen molar-refractivity contribution in [3.05, 3.63) is 10.7 Å². The zero-order valence-electron chi connectivity index (χ0n) is 12.4. The van der Waals surface area contributed by atoms with Crippen molar-refractivity contribution in [2.45, 2.75) is 0 Å². The van der Waals surface area contributed by atoms with E-state index >= 15 is 0 Å². The Morgan fingerprint density at radius 1 is 1.30 bits per heavy atom. The molecule has 2 rings (SSSR count). The minimum Gasteiger partial charge on any atom is -0.357 e. The first-order chi connectivity index (χ1) is 9.60. The fourth-order valence-corrected chi connectivity index (χ4v) is 2.67. The number of halogens is 1. The largest absolute Gasteiger partial charge is 0.357 e. The summed E-state index contributed by atoms with van der Waals surface area (Å²) in [5.41, 5.74) is 0. The Morgan fingerprint density at radius 2 is 2.00 bits per heavy atom. The predicted octanol–water partition coefficient (Wildman–Crippen LogP) is 0.964. The predicted molar refractivity (Wildman–Crippen MR) is 86.5 cm³/mol. The lowest BCUT2D eigenvalue weighted by molar-refractivity contribution is 0.229. The smallest absolute Gasteiger partial charge is 0.224 e. The van der Waals surface area contributed by atoms with Crippen molar-refractivity contribution in [3.63, 3.8) is 0 Å². The van der Waals surface area contributed by atoms with E-state index in [1.165, 1.54) is 0 Å². The van der Waals surface area contributed by atoms with Crippen LogP contribution in [0.4, 0.5) is 11.8 Å². The lowest BCUT2D eigenvalue weighted by atomic mass is 10.3. The molecule has 1 N–H and O–H groups in total. The van der Waals surface area contributed by atoms with E-state index in [0.717, 1.165) is 49.6 Å². The lowest BCUT2D eigenvalue weighted by Gasteiger charge is -2.36. The van der Waals surface area contributed by atoms with Gasteiger partial charge in [0.15, 0.2) is 0 Å². The highest BCUT2D eigenvalue weighted by Gasteiger charge is 2.20. The van der Waals surface area contributed by atoms with Gasteiger partial charge in [-0.25, -0.2) is 4.98 Å². The molecular formula is C13H23BrN6. The van der Waals surface area contributed by atoms with Crippen LogP contribution in [-0.2, 0) is 0 Å². The van der Waals surface area contributed by atoms with E-state index in [2.05, 4.69) is 60.0 Å². The number of nitrogens with one attached hydrogen (secondary N) is 1. The molecule has 0 radical (unpaired) electrons. The average Bonchev–Trinajstić information content (AvgIpc) is 2.46. The van der Waals surface area contributed by atoms with E-state index in [1.807, 2.05) is 13.2 Å². The maximum Gasteiger partial charge on any atom is 0.224 e. The molecule has 1 aromatic rings. The third-order valence-corrected chi connectivity index (χ3v) is 4.04. The van der Waals surface area contributed by atoms with Crippen molar-refractivity contribution in [3.8, 4) is 0 Å². The summed E-state index contributed by atoms with van der Waals surface area (Å²) in [6, 6.07) is 0. The normalized spacial score (nSPS) is 16.8. The number of hydrogen-bond donors (Lipinski definition) is 1. The second kappa shape index (κ2) is 7.19. The summed E-state index contributed by atoms with van der Waals surface area (Å²) < 4.78 is 0.957. The molecule has 0 saturated carbocycles. The van der Waals surface area contributed by atoms with Gasteiger partial charge in [0.25, 0.3) is 0 Å². The molecule has 20 heavy (non-hydrogen) atoms. The van der Waals surface area contributed by atoms with Crippen LogP contribution < -0.4 is 10.2 Å². The average molecular weight is 343 g/mol. The summed E-state index contributed by atoms with van der Waals surface area (Å²) in [7, 11) is 6.08. The fourth-order valence-electron chi connectivity index (χ4n) is 2.23. The molecule has 0 unspecified atom stereocenters. The highest BCUT2D eigenvalue weighted by molar-refractivity contribution is 9.10. The molecular weight excluding hydrogens is 320 g/mol. The summed E-state index contributed by atoms with van der Waals surface area (Å²) in [6.07, 6.45) is 1.81. The van der Waals surface area contributed by atoms with E-state index in [-0.39, 0.29) is 0 Å². The molecule has 7 heteroatoms. The van der Waals surface area contributed by atoms with Crippen LogP contribution in [0.5, 0.6) is 0 Å². The van der Waals surface area contributed by atoms with E-state index in [4.69, 9.17) is 0 Å². The van der Waals surface area contributed by atoms with Crippen LogP contribution in [0.15, 0.2) is 10.7 Å². The van der Waals surface area contributed by atoms with Gasteiger partial charge in [0.1, 0.15) is 5.82 Å². The van der Waals surface area contributed by atoms with Gasteiger partial charge in [-0.05, 0) is 30.0 Å². The maximum absolute atomic E-state index is 4.54. The second-order valence-electron chi connectivity index (χ2n) is 5.25. The van der Waals surface area contributed by atoms with Crippen molar-refractivity contribution in [2.24, 2.45) is 0 Å². The van der Waals surface area contributed by atoms with Crippen LogP contribution in [0.1, 0.15) is 0 Å². The zero-order chi connectivity index (χ0) is 14.5. The van der Waals surface area contributed by atoms with Crippen molar-refractivity contribution in [1.29, 1.82) is 0 Å². The zero-order valence-corrected chi connectivity index (χ0v) is 14.0. The molecule has 2 heterocycles. The Kier molecular flexibility index (Phi) is 5.56. The molecule has 0 amide bonds. The van der Waals surface area contributed by atoms with Crippen LogP contribution in [0, 0.1) is 0 Å². The van der Waals surface area contributed by atoms with Gasteiger partial charge in [-0.15, -0.1) is 0 Å². The SMILES string of the molecule is CNc1ncc(Br)c(N2CCN(CCN(C)C)CC2)n1. The number of nitrogens with zero attached hydrogens (tertiary/aromatic N) is 5. The van der Waals surface area contributed by atoms with E-state index < -0.39 is 0 Å². The first kappa shape index (κ1) is 15.5. The van der Waals surface area contributed by atoms with Crippen LogP contribution >= 0.6 is 15.9 Å². The fraction of sp³-hybridized carbons (Fsp3) is 0.692. The molecule has 1 aliphatic heterocycles. The summed E-state index contributed by atoms with van der Waals surface area (Å²) in [4.78, 5) is 15.8. The molecule has 112 valence electrons. The monoisotopic (exact) mass is 342 g/mol. The van der Waals surface area contributed by atoms with Gasteiger partial charge in [-0.1, -0.05) is 0 Å². The minimum absolute atomic E-state index is 0.665. The summed E-state index contributed by atoms with van der Waals surface area (Å²) in [5, 5.41) is 2.99. The molecule has 1 aromatic heterocycles. The molecule has 0 bridgehead atoms. The lowest BCUT2D eigenvalue weighted by Crippen LogP contribution is -2.48. The van der Waals surface area contributed by atoms with Crippen LogP contribution in [0.2, 0.25) is 0 Å². The number of likely N-dealkylation sites (N-methyl/N-ethyl adjacent to an activating group) is 1. The van der Waals surface area contributed by atoms with Gasteiger partial charge >= 0.3 is 0 Å². The molecule has 1 saturated heterocycles. The maximum atomic E-state index is 4.54. The van der Waals surface area contributed by atoms with Crippen molar-refractivity contribution >= 4 is 27.7 Å². The van der Waals surface area contributed by atoms with Crippen molar-refractivity contribution < 1.29 is 0 Å². The molecule has 0 atom stereocenters. The molecule has 0 aliphatic carbocycles. The molecule has 0 aromatic carbocycles. The standard InChI is InChI=1S/C13H23BrN6/c1-15-13-16-10-11(14)12(17-13)20-8-6-19(7-9-20)5-4-18(2)3/h10H,4-9H2,1-3H3,(H,15,16,17). The topological polar surface area (TPSA) is 47.5 Å². The minimum atomic E-state index is 0.665. The highest BCUT2D eigenvalue weighted by atomic mass is 79.9. The Bertz CT molecular complexity index is 431. The van der Waals surface area contributed by atoms with E-state index in [9.17, 15) is 0 Å². The van der Waals surface area contributed by atoms with Gasteiger partial charge < -0.3 is 15.1 Å². The summed E-state index contributed by atoms with van der Waals surface area (Å²) in [6.45, 7) is 6.42. The molecule has 1 fully saturated rings. The van der Waals surface area contributed by atoms with E-state index in [1.54, 1.807) is 0 Å². The first-order valence-electron chi connectivity index (χ1n) is 6.92. The summed E-state index contributed by atoms with van der Waals surface area (Å²) >= 11 is 3.55. The van der Waals surface area contributed by atoms with Gasteiger partial charge in [0.05, 0.1) is 4.47 Å². The molecule has 6 nitrogen and oxygen atoms in total. The second-order valence-corrected chi connectivity index (χ2v) is 6.10. The molecule has 0 spiro atoms. The Morgan fingerprint density at radius 3 is 2.60 bits per heavy atom. The Balaban J connectivity index is 1.93. The number of aromatic nitrogens is 2. The quantitative estimate of drug-likeness (QED) is 0.860. The Hall–Kier alpha value is -0.920. The number of rotatable bonds is 5. The number of piperazine rings is 1. The number of hydrogen-bond acceptors (Lipinski definition) is 6. The first-order valence-corrected chi connectivity index (χ1v) is 7.72. The van der Waals surface area contributed by atoms with Gasteiger partial charge in [0, 0.05) is 52.5 Å². The highest BCUT2D eigenvalue weighted by Crippen LogP contribution is 2.25. The van der Waals surface area contributed by atoms with Gasteiger partial charge in [-0.3, -0.25) is 4.90 Å². The van der Waals surface area contributed by atoms with Crippen LogP contribution in [0.3, 0.4) is 0 Å². The van der Waals surface area contributed by atoms with Gasteiger partial charge in [0.2, 0.25) is 5.95 Å². The summed E-state index contributed by atoms with van der Waals surface area (Å²) in [5.74, 6) is 1.65. The third kappa shape index (κ3) is 4.04. The van der Waals surface area contributed by atoms with Gasteiger partial charge in [-0.2, -0.15) is 4.98 Å².